The molecule has 2 heteroatoms. The Balaban J connectivity index is 1.70. The zero-order valence-corrected chi connectivity index (χ0v) is 17.4. The first-order valence-electron chi connectivity index (χ1n) is 10.5. The zero-order valence-electron chi connectivity index (χ0n) is 17.4. The number of nitrogens with zero attached hydrogens (tertiary/aromatic N) is 1. The van der Waals surface area contributed by atoms with Crippen molar-refractivity contribution < 1.29 is 4.79 Å². The summed E-state index contributed by atoms with van der Waals surface area (Å²) in [7, 11) is 0. The summed E-state index contributed by atoms with van der Waals surface area (Å²) >= 11 is 0. The maximum absolute atomic E-state index is 13.9. The van der Waals surface area contributed by atoms with E-state index in [0.29, 0.717) is 6.54 Å². The molecule has 1 atom stereocenters. The number of allylic oxidation sites excluding steroid dienone is 3. The summed E-state index contributed by atoms with van der Waals surface area (Å²) in [5, 5.41) is 2.11. The number of rotatable bonds is 6. The van der Waals surface area contributed by atoms with Crippen LogP contribution in [0.15, 0.2) is 109 Å². The van der Waals surface area contributed by atoms with Crippen molar-refractivity contribution in [3.05, 3.63) is 120 Å². The van der Waals surface area contributed by atoms with Gasteiger partial charge in [-0.05, 0) is 47.7 Å². The largest absolute Gasteiger partial charge is 0.331 e. The lowest BCUT2D eigenvalue weighted by atomic mass is 10.0. The lowest BCUT2D eigenvalue weighted by molar-refractivity contribution is 0.0670. The Kier molecular flexibility index (Phi) is 5.94. The van der Waals surface area contributed by atoms with E-state index in [9.17, 15) is 4.79 Å². The van der Waals surface area contributed by atoms with Gasteiger partial charge in [-0.25, -0.2) is 0 Å². The minimum atomic E-state index is 0.0994. The van der Waals surface area contributed by atoms with Crippen LogP contribution >= 0.6 is 0 Å². The van der Waals surface area contributed by atoms with E-state index in [0.717, 1.165) is 34.7 Å². The quantitative estimate of drug-likeness (QED) is 0.427. The first kappa shape index (κ1) is 19.9. The molecule has 0 aromatic heterocycles. The minimum absolute atomic E-state index is 0.0994. The summed E-state index contributed by atoms with van der Waals surface area (Å²) in [6.07, 6.45) is 7.69. The molecule has 3 aromatic rings. The number of amides is 1. The van der Waals surface area contributed by atoms with Crippen LogP contribution in [0.1, 0.15) is 35.7 Å². The molecular formula is C28H27NO. The van der Waals surface area contributed by atoms with Crippen molar-refractivity contribution >= 4 is 16.7 Å². The molecule has 3 aromatic carbocycles. The van der Waals surface area contributed by atoms with Gasteiger partial charge in [-0.1, -0.05) is 97.1 Å². The van der Waals surface area contributed by atoms with E-state index in [1.54, 1.807) is 6.08 Å². The van der Waals surface area contributed by atoms with Crippen LogP contribution in [0.2, 0.25) is 0 Å². The maximum atomic E-state index is 13.9. The molecule has 0 heterocycles. The second kappa shape index (κ2) is 8.96. The Morgan fingerprint density at radius 3 is 2.53 bits per heavy atom. The smallest absolute Gasteiger partial charge is 0.255 e. The van der Waals surface area contributed by atoms with Gasteiger partial charge in [-0.3, -0.25) is 4.79 Å². The number of hydrogen-bond donors (Lipinski definition) is 0. The minimum Gasteiger partial charge on any atom is -0.331 e. The van der Waals surface area contributed by atoms with Crippen molar-refractivity contribution in [1.29, 1.82) is 0 Å². The molecule has 2 nitrogen and oxygen atoms in total. The van der Waals surface area contributed by atoms with Gasteiger partial charge < -0.3 is 4.90 Å². The van der Waals surface area contributed by atoms with Crippen LogP contribution in [0.25, 0.3) is 10.8 Å². The zero-order chi connectivity index (χ0) is 20.9. The van der Waals surface area contributed by atoms with E-state index >= 15 is 0 Å². The lowest BCUT2D eigenvalue weighted by Gasteiger charge is -2.30. The molecule has 0 saturated heterocycles. The van der Waals surface area contributed by atoms with Crippen LogP contribution < -0.4 is 0 Å². The molecule has 150 valence electrons. The highest BCUT2D eigenvalue weighted by Crippen LogP contribution is 2.33. The van der Waals surface area contributed by atoms with E-state index in [4.69, 9.17) is 0 Å². The normalized spacial score (nSPS) is 16.4. The average Bonchev–Trinajstić information content (AvgIpc) is 3.16. The number of hydrogen-bond acceptors (Lipinski definition) is 1. The van der Waals surface area contributed by atoms with Crippen molar-refractivity contribution in [3.8, 4) is 0 Å². The van der Waals surface area contributed by atoms with E-state index in [1.165, 1.54) is 11.1 Å². The summed E-state index contributed by atoms with van der Waals surface area (Å²) < 4.78 is 0. The Labute approximate surface area is 178 Å². The van der Waals surface area contributed by atoms with Gasteiger partial charge in [0.1, 0.15) is 0 Å². The van der Waals surface area contributed by atoms with Crippen LogP contribution in [-0.4, -0.2) is 16.8 Å². The van der Waals surface area contributed by atoms with Crippen LogP contribution in [0.5, 0.6) is 0 Å². The maximum Gasteiger partial charge on any atom is 0.255 e. The van der Waals surface area contributed by atoms with Crippen molar-refractivity contribution in [3.63, 3.8) is 0 Å². The molecule has 1 aliphatic rings. The Morgan fingerprint density at radius 1 is 1.00 bits per heavy atom. The van der Waals surface area contributed by atoms with Gasteiger partial charge in [0, 0.05) is 18.2 Å². The fraction of sp³-hybridized carbons (Fsp3) is 0.179. The highest BCUT2D eigenvalue weighted by Gasteiger charge is 2.30. The SMILES string of the molecule is C=C/C=C\C1=C(C)CC(N(Cc2ccccc2)C(=O)c2cccc3ccccc23)C1. The second-order valence-corrected chi connectivity index (χ2v) is 7.91. The van der Waals surface area contributed by atoms with Crippen LogP contribution in [0.4, 0.5) is 0 Å². The summed E-state index contributed by atoms with van der Waals surface area (Å²) in [5.74, 6) is 0.0994. The lowest BCUT2D eigenvalue weighted by Crippen LogP contribution is -2.39. The molecule has 0 bridgehead atoms. The fourth-order valence-electron chi connectivity index (χ4n) is 4.31. The van der Waals surface area contributed by atoms with Crippen molar-refractivity contribution in [2.45, 2.75) is 32.4 Å². The van der Waals surface area contributed by atoms with Gasteiger partial charge in [0.25, 0.3) is 5.91 Å². The van der Waals surface area contributed by atoms with E-state index in [-0.39, 0.29) is 11.9 Å². The number of carbonyl (C=O) groups is 1. The van der Waals surface area contributed by atoms with Gasteiger partial charge in [0.2, 0.25) is 0 Å². The first-order chi connectivity index (χ1) is 14.7. The molecule has 1 unspecified atom stereocenters. The third kappa shape index (κ3) is 4.13. The molecule has 0 aliphatic heterocycles. The predicted molar refractivity (Wildman–Crippen MR) is 125 cm³/mol. The molecular weight excluding hydrogens is 366 g/mol. The second-order valence-electron chi connectivity index (χ2n) is 7.91. The van der Waals surface area contributed by atoms with E-state index in [2.05, 4.69) is 48.7 Å². The van der Waals surface area contributed by atoms with Crippen LogP contribution in [0.3, 0.4) is 0 Å². The fourth-order valence-corrected chi connectivity index (χ4v) is 4.31. The molecule has 0 spiro atoms. The van der Waals surface area contributed by atoms with Crippen LogP contribution in [-0.2, 0) is 6.54 Å². The predicted octanol–water partition coefficient (Wildman–Crippen LogP) is 6.70. The number of benzene rings is 3. The van der Waals surface area contributed by atoms with E-state index in [1.807, 2.05) is 54.6 Å². The number of fused-ring (bicyclic) bond motifs is 1. The van der Waals surface area contributed by atoms with Crippen LogP contribution in [0, 0.1) is 0 Å². The van der Waals surface area contributed by atoms with Gasteiger partial charge >= 0.3 is 0 Å². The molecule has 0 fully saturated rings. The summed E-state index contributed by atoms with van der Waals surface area (Å²) in [6, 6.07) is 24.5. The molecule has 1 aliphatic carbocycles. The summed E-state index contributed by atoms with van der Waals surface area (Å²) in [6.45, 7) is 6.56. The summed E-state index contributed by atoms with van der Waals surface area (Å²) in [4.78, 5) is 15.9. The standard InChI is InChI=1S/C28H27NO/c1-3-4-13-24-19-25(18-21(24)2)29(20-22-11-6-5-7-12-22)28(30)27-17-10-15-23-14-8-9-16-26(23)27/h3-17,25H,1,18-20H2,2H3/b13-4-. The molecule has 30 heavy (non-hydrogen) atoms. The van der Waals surface area contributed by atoms with Crippen molar-refractivity contribution in [2.24, 2.45) is 0 Å². The first-order valence-corrected chi connectivity index (χ1v) is 10.5. The molecule has 4 rings (SSSR count). The molecule has 1 amide bonds. The van der Waals surface area contributed by atoms with Gasteiger partial charge in [-0.2, -0.15) is 0 Å². The third-order valence-corrected chi connectivity index (χ3v) is 5.90. The Hall–Kier alpha value is -3.39. The Morgan fingerprint density at radius 2 is 1.73 bits per heavy atom. The van der Waals surface area contributed by atoms with E-state index < -0.39 is 0 Å². The third-order valence-electron chi connectivity index (χ3n) is 5.90. The van der Waals surface area contributed by atoms with Gasteiger partial charge in [-0.15, -0.1) is 0 Å². The highest BCUT2D eigenvalue weighted by molar-refractivity contribution is 6.07. The van der Waals surface area contributed by atoms with Crippen molar-refractivity contribution in [1.82, 2.24) is 4.90 Å². The number of carbonyl (C=O) groups excluding carboxylic acids is 1. The highest BCUT2D eigenvalue weighted by atomic mass is 16.2. The molecule has 0 radical (unpaired) electrons. The topological polar surface area (TPSA) is 20.3 Å². The summed E-state index contributed by atoms with van der Waals surface area (Å²) in [5.41, 5.74) is 4.58. The Bertz CT molecular complexity index is 1120. The monoisotopic (exact) mass is 393 g/mol. The molecule has 0 saturated carbocycles. The van der Waals surface area contributed by atoms with Gasteiger partial charge in [0.15, 0.2) is 0 Å². The van der Waals surface area contributed by atoms with Gasteiger partial charge in [0.05, 0.1) is 0 Å². The molecule has 0 N–H and O–H groups in total. The van der Waals surface area contributed by atoms with Crippen molar-refractivity contribution in [2.75, 3.05) is 0 Å². The average molecular weight is 394 g/mol.